The third-order valence-electron chi connectivity index (χ3n) is 7.64. The molecule has 8 nitrogen and oxygen atoms in total. The molecule has 2 aromatic rings. The third kappa shape index (κ3) is 4.69. The normalized spacial score (nSPS) is 28.6. The largest absolute Gasteiger partial charge is 0.484 e. The van der Waals surface area contributed by atoms with Crippen molar-refractivity contribution < 1.29 is 28.6 Å². The zero-order valence-corrected chi connectivity index (χ0v) is 20.7. The quantitative estimate of drug-likeness (QED) is 0.545. The van der Waals surface area contributed by atoms with Gasteiger partial charge in [-0.1, -0.05) is 23.7 Å². The number of likely N-dealkylation sites (N-methyl/N-ethyl adjacent to an activating group) is 1. The fourth-order valence-electron chi connectivity index (χ4n) is 5.58. The average Bonchev–Trinajstić information content (AvgIpc) is 2.86. The second-order valence-corrected chi connectivity index (χ2v) is 10.4. The summed E-state index contributed by atoms with van der Waals surface area (Å²) in [6.07, 6.45) is 1.14. The Hall–Kier alpha value is -3.04. The van der Waals surface area contributed by atoms with Crippen LogP contribution in [0.1, 0.15) is 32.1 Å². The molecule has 1 unspecified atom stereocenters. The molecule has 3 aliphatic carbocycles. The molecule has 3 N–H and O–H groups in total. The van der Waals surface area contributed by atoms with Gasteiger partial charge in [-0.25, -0.2) is 4.39 Å². The first kappa shape index (κ1) is 24.6. The number of carbonyl (C=O) groups excluding carboxylic acids is 2. The molecular weight excluding hydrogens is 489 g/mol. The molecule has 3 fully saturated rings. The topological polar surface area (TPSA) is 100 Å². The van der Waals surface area contributed by atoms with Gasteiger partial charge in [-0.15, -0.1) is 0 Å². The zero-order chi connectivity index (χ0) is 25.5. The lowest BCUT2D eigenvalue weighted by Gasteiger charge is -2.56. The number of hydrogen-bond donors (Lipinski definition) is 3. The number of carbonyl (C=O) groups is 2. The predicted molar refractivity (Wildman–Crippen MR) is 132 cm³/mol. The smallest absolute Gasteiger partial charge is 0.263 e. The van der Waals surface area contributed by atoms with E-state index in [1.807, 2.05) is 36.2 Å². The van der Waals surface area contributed by atoms with Gasteiger partial charge >= 0.3 is 0 Å². The Labute approximate surface area is 213 Å². The highest BCUT2D eigenvalue weighted by Gasteiger charge is 2.55. The highest BCUT2D eigenvalue weighted by atomic mass is 35.5. The van der Waals surface area contributed by atoms with Crippen molar-refractivity contribution >= 4 is 29.1 Å². The van der Waals surface area contributed by atoms with Crippen molar-refractivity contribution in [1.82, 2.24) is 10.6 Å². The molecule has 4 aliphatic rings. The number of hydrogen-bond acceptors (Lipinski definition) is 6. The van der Waals surface area contributed by atoms with E-state index in [-0.39, 0.29) is 23.3 Å². The number of rotatable bonds is 6. The van der Waals surface area contributed by atoms with Gasteiger partial charge in [0.05, 0.1) is 28.9 Å². The van der Waals surface area contributed by atoms with Gasteiger partial charge in [0.25, 0.3) is 11.8 Å². The maximum Gasteiger partial charge on any atom is 0.263 e. The Balaban J connectivity index is 1.17. The number of halogens is 2. The molecule has 1 heterocycles. The summed E-state index contributed by atoms with van der Waals surface area (Å²) in [6.45, 7) is 0.116. The molecule has 192 valence electrons. The highest BCUT2D eigenvalue weighted by Crippen LogP contribution is 2.47. The molecule has 0 aromatic heterocycles. The molecule has 2 amide bonds. The maximum absolute atomic E-state index is 13.6. The lowest BCUT2D eigenvalue weighted by molar-refractivity contribution is -0.139. The molecule has 2 aromatic carbocycles. The zero-order valence-electron chi connectivity index (χ0n) is 19.9. The van der Waals surface area contributed by atoms with Gasteiger partial charge in [0, 0.05) is 18.7 Å². The van der Waals surface area contributed by atoms with Gasteiger partial charge in [0.15, 0.2) is 12.7 Å². The van der Waals surface area contributed by atoms with Crippen molar-refractivity contribution in [3.63, 3.8) is 0 Å². The Kier molecular flexibility index (Phi) is 6.46. The Morgan fingerprint density at radius 1 is 1.19 bits per heavy atom. The van der Waals surface area contributed by atoms with E-state index < -0.39 is 35.0 Å². The van der Waals surface area contributed by atoms with Crippen LogP contribution < -0.4 is 25.0 Å². The van der Waals surface area contributed by atoms with E-state index in [0.29, 0.717) is 44.4 Å². The van der Waals surface area contributed by atoms with E-state index in [0.717, 1.165) is 11.8 Å². The summed E-state index contributed by atoms with van der Waals surface area (Å²) in [4.78, 5) is 27.8. The Bertz CT molecular complexity index is 1170. The summed E-state index contributed by atoms with van der Waals surface area (Å²) in [5.74, 6) is -0.374. The fraction of sp³-hybridized carbons (Fsp3) is 0.462. The minimum Gasteiger partial charge on any atom is -0.484 e. The first-order valence-corrected chi connectivity index (χ1v) is 12.4. The van der Waals surface area contributed by atoms with Gasteiger partial charge < -0.3 is 30.1 Å². The van der Waals surface area contributed by atoms with Crippen LogP contribution in [0, 0.1) is 5.82 Å². The SMILES string of the molecule is CN1CC(C(=O)NC23CCC(NC(=O)COc4ccc(Cl)c(F)c4)(CC2)[C@@H](O)C3)Oc2ccccc21. The number of ether oxygens (including phenoxy) is 2. The molecule has 2 atom stereocenters. The lowest BCUT2D eigenvalue weighted by Crippen LogP contribution is -2.71. The van der Waals surface area contributed by atoms with E-state index in [1.165, 1.54) is 12.1 Å². The number of anilines is 1. The first-order chi connectivity index (χ1) is 17.2. The number of aliphatic hydroxyl groups is 1. The molecule has 0 radical (unpaired) electrons. The van der Waals surface area contributed by atoms with Crippen LogP contribution in [0.2, 0.25) is 5.02 Å². The number of fused-ring (bicyclic) bond motifs is 4. The summed E-state index contributed by atoms with van der Waals surface area (Å²) in [5.41, 5.74) is -0.381. The third-order valence-corrected chi connectivity index (χ3v) is 7.94. The van der Waals surface area contributed by atoms with E-state index >= 15 is 0 Å². The number of amides is 2. The number of aliphatic hydroxyl groups excluding tert-OH is 1. The Morgan fingerprint density at radius 2 is 1.94 bits per heavy atom. The Morgan fingerprint density at radius 3 is 2.67 bits per heavy atom. The van der Waals surface area contributed by atoms with Gasteiger partial charge in [-0.2, -0.15) is 0 Å². The molecule has 36 heavy (non-hydrogen) atoms. The van der Waals surface area contributed by atoms with Crippen LogP contribution in [0.25, 0.3) is 0 Å². The van der Waals surface area contributed by atoms with Crippen molar-refractivity contribution in [2.24, 2.45) is 0 Å². The second-order valence-electron chi connectivity index (χ2n) is 10.0. The van der Waals surface area contributed by atoms with Crippen molar-refractivity contribution in [1.29, 1.82) is 0 Å². The van der Waals surface area contributed by atoms with Crippen LogP contribution in [0.15, 0.2) is 42.5 Å². The van der Waals surface area contributed by atoms with Gasteiger partial charge in [-0.3, -0.25) is 9.59 Å². The summed E-state index contributed by atoms with van der Waals surface area (Å²) < 4.78 is 24.9. The number of nitrogens with one attached hydrogen (secondary N) is 2. The van der Waals surface area contributed by atoms with Crippen LogP contribution in [0.3, 0.4) is 0 Å². The monoisotopic (exact) mass is 517 g/mol. The van der Waals surface area contributed by atoms with Crippen LogP contribution in [-0.4, -0.2) is 60.4 Å². The minimum absolute atomic E-state index is 0.0271. The molecule has 10 heteroatoms. The van der Waals surface area contributed by atoms with Gasteiger partial charge in [-0.05, 0) is 56.4 Å². The number of benzene rings is 2. The van der Waals surface area contributed by atoms with Crippen molar-refractivity contribution in [2.75, 3.05) is 25.1 Å². The summed E-state index contributed by atoms with van der Waals surface area (Å²) in [6, 6.07) is 11.6. The molecule has 1 aliphatic heterocycles. The summed E-state index contributed by atoms with van der Waals surface area (Å²) >= 11 is 5.67. The lowest BCUT2D eigenvalue weighted by atomic mass is 9.60. The molecule has 0 saturated heterocycles. The first-order valence-electron chi connectivity index (χ1n) is 12.0. The maximum atomic E-state index is 13.6. The van der Waals surface area contributed by atoms with E-state index in [2.05, 4.69) is 10.6 Å². The number of para-hydroxylation sites is 2. The molecule has 2 bridgehead atoms. The van der Waals surface area contributed by atoms with Crippen LogP contribution in [0.5, 0.6) is 11.5 Å². The van der Waals surface area contributed by atoms with Crippen molar-refractivity contribution in [3.8, 4) is 11.5 Å². The highest BCUT2D eigenvalue weighted by molar-refractivity contribution is 6.30. The van der Waals surface area contributed by atoms with Crippen LogP contribution in [0.4, 0.5) is 10.1 Å². The second kappa shape index (κ2) is 9.44. The average molecular weight is 518 g/mol. The van der Waals surface area contributed by atoms with Gasteiger partial charge in [0.1, 0.15) is 17.3 Å². The van der Waals surface area contributed by atoms with E-state index in [9.17, 15) is 19.1 Å². The molecule has 6 rings (SSSR count). The standard InChI is InChI=1S/C26H29ClFN3O5/c1-31-14-21(36-20-5-3-2-4-19(20)31)24(34)30-25-8-10-26(11-9-25,22(32)13-25)29-23(33)15-35-16-6-7-17(27)18(28)12-16/h2-7,12,21-22,32H,8-11,13-15H2,1H3,(H,29,33)(H,30,34)/t21?,22-,25?,26?/m0/s1. The molecule has 0 spiro atoms. The minimum atomic E-state index is -0.826. The summed E-state index contributed by atoms with van der Waals surface area (Å²) in [5, 5.41) is 17.1. The van der Waals surface area contributed by atoms with Crippen LogP contribution >= 0.6 is 11.6 Å². The van der Waals surface area contributed by atoms with E-state index in [4.69, 9.17) is 21.1 Å². The van der Waals surface area contributed by atoms with Crippen molar-refractivity contribution in [3.05, 3.63) is 53.3 Å². The fourth-order valence-corrected chi connectivity index (χ4v) is 5.70. The molecular formula is C26H29ClFN3O5. The molecule has 3 saturated carbocycles. The van der Waals surface area contributed by atoms with Crippen molar-refractivity contribution in [2.45, 2.75) is 55.4 Å². The predicted octanol–water partition coefficient (Wildman–Crippen LogP) is 2.80. The van der Waals surface area contributed by atoms with Gasteiger partial charge in [0.2, 0.25) is 0 Å². The van der Waals surface area contributed by atoms with Crippen LogP contribution in [-0.2, 0) is 9.59 Å². The van der Waals surface area contributed by atoms with E-state index in [1.54, 1.807) is 0 Å². The number of nitrogens with zero attached hydrogens (tertiary/aromatic N) is 1. The summed E-state index contributed by atoms with van der Waals surface area (Å²) in [7, 11) is 1.93.